The summed E-state index contributed by atoms with van der Waals surface area (Å²) in [4.78, 5) is 12.4. The molecule has 2 aromatic carbocycles. The molecule has 20 heavy (non-hydrogen) atoms. The molecule has 0 bridgehead atoms. The summed E-state index contributed by atoms with van der Waals surface area (Å²) < 4.78 is 5.55. The predicted molar refractivity (Wildman–Crippen MR) is 76.0 cm³/mol. The van der Waals surface area contributed by atoms with Gasteiger partial charge in [-0.25, -0.2) is 0 Å². The van der Waals surface area contributed by atoms with Crippen molar-refractivity contribution in [2.45, 2.75) is 12.3 Å². The van der Waals surface area contributed by atoms with Crippen LogP contribution in [0.3, 0.4) is 0 Å². The van der Waals surface area contributed by atoms with Crippen molar-refractivity contribution in [3.63, 3.8) is 0 Å². The van der Waals surface area contributed by atoms with E-state index in [0.717, 1.165) is 11.3 Å². The maximum atomic E-state index is 12.4. The van der Waals surface area contributed by atoms with Crippen LogP contribution < -0.4 is 10.1 Å². The summed E-state index contributed by atoms with van der Waals surface area (Å²) in [5.74, 6) is 0.610. The van der Waals surface area contributed by atoms with Gasteiger partial charge >= 0.3 is 0 Å². The standard InChI is InChI=1S/C16H15NO3/c18-12-5-3-4-11(10-12)17-16(19)14-8-9-20-15-7-2-1-6-13(14)15/h1-7,10,14,18H,8-9H2,(H,17,19). The average Bonchev–Trinajstić information content (AvgIpc) is 2.46. The highest BCUT2D eigenvalue weighted by Gasteiger charge is 2.27. The van der Waals surface area contributed by atoms with Crippen molar-refractivity contribution in [1.82, 2.24) is 0 Å². The lowest BCUT2D eigenvalue weighted by Crippen LogP contribution is -2.26. The van der Waals surface area contributed by atoms with Gasteiger partial charge in [0.15, 0.2) is 0 Å². The molecule has 4 heteroatoms. The molecule has 1 aliphatic heterocycles. The number of hydrogen-bond acceptors (Lipinski definition) is 3. The van der Waals surface area contributed by atoms with Crippen LogP contribution in [0, 0.1) is 0 Å². The third kappa shape index (κ3) is 2.45. The van der Waals surface area contributed by atoms with Crippen LogP contribution >= 0.6 is 0 Å². The quantitative estimate of drug-likeness (QED) is 0.881. The molecular formula is C16H15NO3. The number of benzene rings is 2. The Labute approximate surface area is 117 Å². The summed E-state index contributed by atoms with van der Waals surface area (Å²) in [5.41, 5.74) is 1.51. The Morgan fingerprint density at radius 1 is 1.20 bits per heavy atom. The monoisotopic (exact) mass is 269 g/mol. The smallest absolute Gasteiger partial charge is 0.232 e. The van der Waals surface area contributed by atoms with Gasteiger partial charge in [-0.2, -0.15) is 0 Å². The normalized spacial score (nSPS) is 16.9. The topological polar surface area (TPSA) is 58.6 Å². The van der Waals surface area contributed by atoms with E-state index in [9.17, 15) is 9.90 Å². The molecule has 1 atom stereocenters. The summed E-state index contributed by atoms with van der Waals surface area (Å²) in [5, 5.41) is 12.3. The van der Waals surface area contributed by atoms with Crippen LogP contribution in [0.25, 0.3) is 0 Å². The number of amides is 1. The summed E-state index contributed by atoms with van der Waals surface area (Å²) >= 11 is 0. The highest BCUT2D eigenvalue weighted by molar-refractivity contribution is 5.96. The fourth-order valence-corrected chi connectivity index (χ4v) is 2.43. The van der Waals surface area contributed by atoms with E-state index in [1.807, 2.05) is 24.3 Å². The van der Waals surface area contributed by atoms with Gasteiger partial charge in [0, 0.05) is 17.3 Å². The van der Waals surface area contributed by atoms with E-state index in [1.54, 1.807) is 18.2 Å². The van der Waals surface area contributed by atoms with E-state index in [4.69, 9.17) is 4.74 Å². The number of anilines is 1. The van der Waals surface area contributed by atoms with Crippen LogP contribution in [0.2, 0.25) is 0 Å². The zero-order chi connectivity index (χ0) is 13.9. The zero-order valence-corrected chi connectivity index (χ0v) is 10.9. The van der Waals surface area contributed by atoms with Gasteiger partial charge in [-0.05, 0) is 24.6 Å². The van der Waals surface area contributed by atoms with Gasteiger partial charge in [0.05, 0.1) is 12.5 Å². The molecule has 4 nitrogen and oxygen atoms in total. The van der Waals surface area contributed by atoms with Gasteiger partial charge in [0.25, 0.3) is 0 Å². The van der Waals surface area contributed by atoms with Gasteiger partial charge in [-0.3, -0.25) is 4.79 Å². The Kier molecular flexibility index (Phi) is 3.29. The third-order valence-electron chi connectivity index (χ3n) is 3.39. The molecule has 0 aliphatic carbocycles. The number of aromatic hydroxyl groups is 1. The number of nitrogens with one attached hydrogen (secondary N) is 1. The number of carbonyl (C=O) groups excluding carboxylic acids is 1. The van der Waals surface area contributed by atoms with Crippen molar-refractivity contribution in [2.24, 2.45) is 0 Å². The minimum absolute atomic E-state index is 0.0775. The van der Waals surface area contributed by atoms with Crippen molar-refractivity contribution >= 4 is 11.6 Å². The average molecular weight is 269 g/mol. The summed E-state index contributed by atoms with van der Waals surface area (Å²) in [6.45, 7) is 0.537. The van der Waals surface area contributed by atoms with E-state index in [-0.39, 0.29) is 17.6 Å². The Bertz CT molecular complexity index is 639. The molecule has 0 saturated heterocycles. The van der Waals surface area contributed by atoms with Crippen LogP contribution in [0.5, 0.6) is 11.5 Å². The van der Waals surface area contributed by atoms with Crippen molar-refractivity contribution in [2.75, 3.05) is 11.9 Å². The minimum atomic E-state index is -0.220. The van der Waals surface area contributed by atoms with Crippen LogP contribution in [0.15, 0.2) is 48.5 Å². The molecule has 0 spiro atoms. The third-order valence-corrected chi connectivity index (χ3v) is 3.39. The van der Waals surface area contributed by atoms with E-state index < -0.39 is 0 Å². The first-order chi connectivity index (χ1) is 9.74. The fourth-order valence-electron chi connectivity index (χ4n) is 2.43. The number of para-hydroxylation sites is 1. The minimum Gasteiger partial charge on any atom is -0.508 e. The van der Waals surface area contributed by atoms with Crippen LogP contribution in [-0.2, 0) is 4.79 Å². The van der Waals surface area contributed by atoms with Crippen molar-refractivity contribution in [3.8, 4) is 11.5 Å². The van der Waals surface area contributed by atoms with Gasteiger partial charge in [0.2, 0.25) is 5.91 Å². The first-order valence-corrected chi connectivity index (χ1v) is 6.55. The van der Waals surface area contributed by atoms with Gasteiger partial charge in [0.1, 0.15) is 11.5 Å². The summed E-state index contributed by atoms with van der Waals surface area (Å²) in [7, 11) is 0. The Morgan fingerprint density at radius 2 is 2.05 bits per heavy atom. The number of phenolic OH excluding ortho intramolecular Hbond substituents is 1. The highest BCUT2D eigenvalue weighted by atomic mass is 16.5. The maximum Gasteiger partial charge on any atom is 0.232 e. The van der Waals surface area contributed by atoms with Gasteiger partial charge < -0.3 is 15.2 Å². The molecule has 0 radical (unpaired) electrons. The fraction of sp³-hybridized carbons (Fsp3) is 0.188. The van der Waals surface area contributed by atoms with E-state index in [2.05, 4.69) is 5.32 Å². The largest absolute Gasteiger partial charge is 0.508 e. The van der Waals surface area contributed by atoms with E-state index in [0.29, 0.717) is 18.7 Å². The SMILES string of the molecule is O=C(Nc1cccc(O)c1)C1CCOc2ccccc21. The molecule has 102 valence electrons. The lowest BCUT2D eigenvalue weighted by molar-refractivity contribution is -0.118. The second kappa shape index (κ2) is 5.25. The van der Waals surface area contributed by atoms with Gasteiger partial charge in [-0.15, -0.1) is 0 Å². The highest BCUT2D eigenvalue weighted by Crippen LogP contribution is 2.34. The number of rotatable bonds is 2. The molecule has 0 saturated carbocycles. The number of hydrogen-bond donors (Lipinski definition) is 2. The molecule has 1 heterocycles. The first kappa shape index (κ1) is 12.5. The van der Waals surface area contributed by atoms with Crippen LogP contribution in [0.4, 0.5) is 5.69 Å². The van der Waals surface area contributed by atoms with E-state index >= 15 is 0 Å². The van der Waals surface area contributed by atoms with Crippen molar-refractivity contribution < 1.29 is 14.6 Å². The predicted octanol–water partition coefficient (Wildman–Crippen LogP) is 2.90. The summed E-state index contributed by atoms with van der Waals surface area (Å²) in [6.07, 6.45) is 0.654. The Hall–Kier alpha value is -2.49. The number of carbonyl (C=O) groups is 1. The molecule has 1 amide bonds. The number of phenols is 1. The number of fused-ring (bicyclic) bond motifs is 1. The molecule has 0 aromatic heterocycles. The van der Waals surface area contributed by atoms with Crippen LogP contribution in [0.1, 0.15) is 17.9 Å². The van der Waals surface area contributed by atoms with E-state index in [1.165, 1.54) is 6.07 Å². The Balaban J connectivity index is 1.82. The van der Waals surface area contributed by atoms with Gasteiger partial charge in [-0.1, -0.05) is 24.3 Å². The zero-order valence-electron chi connectivity index (χ0n) is 10.9. The molecule has 0 fully saturated rings. The van der Waals surface area contributed by atoms with Crippen LogP contribution in [-0.4, -0.2) is 17.6 Å². The Morgan fingerprint density at radius 3 is 2.90 bits per heavy atom. The maximum absolute atomic E-state index is 12.4. The van der Waals surface area contributed by atoms with Crippen molar-refractivity contribution in [3.05, 3.63) is 54.1 Å². The molecule has 2 aromatic rings. The first-order valence-electron chi connectivity index (χ1n) is 6.55. The molecule has 3 rings (SSSR count). The van der Waals surface area contributed by atoms with Crippen molar-refractivity contribution in [1.29, 1.82) is 0 Å². The lowest BCUT2D eigenvalue weighted by atomic mass is 9.92. The molecular weight excluding hydrogens is 254 g/mol. The second-order valence-electron chi connectivity index (χ2n) is 4.77. The molecule has 1 aliphatic rings. The summed E-state index contributed by atoms with van der Waals surface area (Å²) in [6, 6.07) is 14.1. The second-order valence-corrected chi connectivity index (χ2v) is 4.77. The molecule has 2 N–H and O–H groups in total. The number of ether oxygens (including phenoxy) is 1. The lowest BCUT2D eigenvalue weighted by Gasteiger charge is -2.25. The molecule has 1 unspecified atom stereocenters.